The maximum atomic E-state index is 12.8. The summed E-state index contributed by atoms with van der Waals surface area (Å²) in [5, 5.41) is 15.9. The van der Waals surface area contributed by atoms with E-state index >= 15 is 0 Å². The van der Waals surface area contributed by atoms with Crippen molar-refractivity contribution in [1.29, 1.82) is 0 Å². The Morgan fingerprint density at radius 1 is 0.737 bits per heavy atom. The number of rotatable bonds is 2. The lowest BCUT2D eigenvalue weighted by Crippen LogP contribution is -2.00. The van der Waals surface area contributed by atoms with Gasteiger partial charge in [0.25, 0.3) is 0 Å². The van der Waals surface area contributed by atoms with Crippen LogP contribution in [0.5, 0.6) is 0 Å². The topological polar surface area (TPSA) is 64.5 Å². The predicted octanol–water partition coefficient (Wildman–Crippen LogP) is 2.13. The van der Waals surface area contributed by atoms with Gasteiger partial charge in [-0.1, -0.05) is 6.07 Å². The van der Waals surface area contributed by atoms with Gasteiger partial charge >= 0.3 is 0 Å². The molecule has 92 valence electrons. The third-order valence-corrected chi connectivity index (χ3v) is 2.48. The summed E-state index contributed by atoms with van der Waals surface area (Å²) >= 11 is 0. The molecule has 0 N–H and O–H groups in total. The van der Waals surface area contributed by atoms with E-state index in [4.69, 9.17) is 0 Å². The molecule has 0 fully saturated rings. The van der Waals surface area contributed by atoms with Gasteiger partial charge in [0, 0.05) is 11.8 Å². The molecule has 6 heteroatoms. The van der Waals surface area contributed by atoms with Crippen LogP contribution in [0.3, 0.4) is 0 Å². The third-order valence-electron chi connectivity index (χ3n) is 2.48. The molecule has 0 aliphatic heterocycles. The van der Waals surface area contributed by atoms with Gasteiger partial charge in [0.15, 0.2) is 0 Å². The van der Waals surface area contributed by atoms with Crippen LogP contribution in [0, 0.1) is 5.82 Å². The highest BCUT2D eigenvalue weighted by atomic mass is 19.1. The van der Waals surface area contributed by atoms with Gasteiger partial charge in [-0.05, 0) is 36.4 Å². The molecule has 5 nitrogen and oxygen atoms in total. The third kappa shape index (κ3) is 2.42. The van der Waals surface area contributed by atoms with Crippen LogP contribution in [0.1, 0.15) is 0 Å². The number of nitrogens with zero attached hydrogens (tertiary/aromatic N) is 5. The van der Waals surface area contributed by atoms with Crippen LogP contribution in [-0.2, 0) is 0 Å². The van der Waals surface area contributed by atoms with Gasteiger partial charge in [0.05, 0.1) is 0 Å². The summed E-state index contributed by atoms with van der Waals surface area (Å²) in [6.45, 7) is 0. The lowest BCUT2D eigenvalue weighted by atomic mass is 10.2. The summed E-state index contributed by atoms with van der Waals surface area (Å²) in [6.07, 6.45) is 1.65. The molecule has 2 heterocycles. The Balaban J connectivity index is 1.93. The zero-order valence-electron chi connectivity index (χ0n) is 9.73. The minimum absolute atomic E-state index is 0.310. The van der Waals surface area contributed by atoms with Crippen LogP contribution < -0.4 is 0 Å². The Morgan fingerprint density at radius 3 is 2.05 bits per heavy atom. The van der Waals surface area contributed by atoms with E-state index in [1.165, 1.54) is 12.1 Å². The summed E-state index contributed by atoms with van der Waals surface area (Å²) in [4.78, 5) is 4.11. The molecular weight excluding hydrogens is 245 g/mol. The standard InChI is InChI=1S/C13H8FN5/c14-10-6-4-9(5-7-10)12-16-18-13(19-17-12)11-3-1-2-8-15-11/h1-8H. The molecule has 1 aromatic carbocycles. The van der Waals surface area contributed by atoms with E-state index in [1.54, 1.807) is 30.5 Å². The van der Waals surface area contributed by atoms with E-state index < -0.39 is 0 Å². The van der Waals surface area contributed by atoms with Crippen molar-refractivity contribution < 1.29 is 4.39 Å². The summed E-state index contributed by atoms with van der Waals surface area (Å²) < 4.78 is 12.8. The normalized spacial score (nSPS) is 10.4. The van der Waals surface area contributed by atoms with E-state index in [0.717, 1.165) is 0 Å². The van der Waals surface area contributed by atoms with Crippen LogP contribution in [-0.4, -0.2) is 25.4 Å². The van der Waals surface area contributed by atoms with Crippen molar-refractivity contribution in [2.24, 2.45) is 0 Å². The number of pyridine rings is 1. The molecule has 0 atom stereocenters. The molecule has 3 rings (SSSR count). The highest BCUT2D eigenvalue weighted by molar-refractivity contribution is 5.54. The van der Waals surface area contributed by atoms with Gasteiger partial charge in [-0.3, -0.25) is 4.98 Å². The minimum Gasteiger partial charge on any atom is -0.253 e. The Hall–Kier alpha value is -2.76. The van der Waals surface area contributed by atoms with E-state index in [9.17, 15) is 4.39 Å². The van der Waals surface area contributed by atoms with Crippen molar-refractivity contribution >= 4 is 0 Å². The van der Waals surface area contributed by atoms with Crippen molar-refractivity contribution in [3.05, 3.63) is 54.5 Å². The zero-order valence-corrected chi connectivity index (χ0v) is 9.73. The first kappa shape index (κ1) is 11.3. The van der Waals surface area contributed by atoms with Crippen molar-refractivity contribution in [2.45, 2.75) is 0 Å². The first-order valence-corrected chi connectivity index (χ1v) is 5.58. The number of hydrogen-bond acceptors (Lipinski definition) is 5. The molecule has 0 unspecified atom stereocenters. The fraction of sp³-hybridized carbons (Fsp3) is 0. The largest absolute Gasteiger partial charge is 0.253 e. The fourth-order valence-corrected chi connectivity index (χ4v) is 1.54. The molecule has 0 saturated carbocycles. The molecular formula is C13H8FN5. The second kappa shape index (κ2) is 4.85. The average Bonchev–Trinajstić information content (AvgIpc) is 2.49. The maximum Gasteiger partial charge on any atom is 0.221 e. The SMILES string of the molecule is Fc1ccc(-c2nnc(-c3ccccn3)nn2)cc1. The van der Waals surface area contributed by atoms with Gasteiger partial charge in [-0.15, -0.1) is 20.4 Å². The molecule has 0 aliphatic rings. The van der Waals surface area contributed by atoms with Crippen molar-refractivity contribution in [3.63, 3.8) is 0 Å². The molecule has 0 aliphatic carbocycles. The van der Waals surface area contributed by atoms with E-state index in [2.05, 4.69) is 25.4 Å². The van der Waals surface area contributed by atoms with Crippen LogP contribution in [0.15, 0.2) is 48.7 Å². The Bertz CT molecular complexity index is 668. The second-order valence-electron chi connectivity index (χ2n) is 3.77. The van der Waals surface area contributed by atoms with Crippen LogP contribution in [0.2, 0.25) is 0 Å². The van der Waals surface area contributed by atoms with Crippen LogP contribution >= 0.6 is 0 Å². The van der Waals surface area contributed by atoms with E-state index in [-0.39, 0.29) is 5.82 Å². The van der Waals surface area contributed by atoms with Gasteiger partial charge < -0.3 is 0 Å². The Morgan fingerprint density at radius 2 is 1.42 bits per heavy atom. The first-order chi connectivity index (χ1) is 9.33. The van der Waals surface area contributed by atoms with Gasteiger partial charge in [0.2, 0.25) is 11.6 Å². The van der Waals surface area contributed by atoms with Crippen molar-refractivity contribution in [3.8, 4) is 22.9 Å². The molecule has 0 amide bonds. The summed E-state index contributed by atoms with van der Waals surface area (Å²) in [7, 11) is 0. The number of halogens is 1. The molecule has 2 aromatic heterocycles. The molecule has 3 aromatic rings. The summed E-state index contributed by atoms with van der Waals surface area (Å²) in [6, 6.07) is 11.2. The fourth-order valence-electron chi connectivity index (χ4n) is 1.54. The van der Waals surface area contributed by atoms with Crippen LogP contribution in [0.4, 0.5) is 4.39 Å². The highest BCUT2D eigenvalue weighted by Gasteiger charge is 2.06. The van der Waals surface area contributed by atoms with Crippen molar-refractivity contribution in [1.82, 2.24) is 25.4 Å². The van der Waals surface area contributed by atoms with Gasteiger partial charge in [0.1, 0.15) is 11.5 Å². The second-order valence-corrected chi connectivity index (χ2v) is 3.77. The predicted molar refractivity (Wildman–Crippen MR) is 66.2 cm³/mol. The number of aromatic nitrogens is 5. The monoisotopic (exact) mass is 253 g/mol. The van der Waals surface area contributed by atoms with Gasteiger partial charge in [-0.25, -0.2) is 4.39 Å². The maximum absolute atomic E-state index is 12.8. The Kier molecular flexibility index (Phi) is 2.89. The van der Waals surface area contributed by atoms with E-state index in [1.807, 2.05) is 6.07 Å². The first-order valence-electron chi connectivity index (χ1n) is 5.58. The average molecular weight is 253 g/mol. The number of benzene rings is 1. The zero-order chi connectivity index (χ0) is 13.1. The summed E-state index contributed by atoms with van der Waals surface area (Å²) in [5.74, 6) is 0.390. The molecule has 0 bridgehead atoms. The van der Waals surface area contributed by atoms with E-state index in [0.29, 0.717) is 22.9 Å². The van der Waals surface area contributed by atoms with Crippen LogP contribution in [0.25, 0.3) is 22.9 Å². The molecule has 0 spiro atoms. The molecule has 19 heavy (non-hydrogen) atoms. The van der Waals surface area contributed by atoms with Crippen molar-refractivity contribution in [2.75, 3.05) is 0 Å². The molecule has 0 saturated heterocycles. The molecule has 0 radical (unpaired) electrons. The quantitative estimate of drug-likeness (QED) is 0.700. The lowest BCUT2D eigenvalue weighted by molar-refractivity contribution is 0.628. The summed E-state index contributed by atoms with van der Waals surface area (Å²) in [5.41, 5.74) is 1.27. The lowest BCUT2D eigenvalue weighted by Gasteiger charge is -1.99. The minimum atomic E-state index is -0.310. The number of hydrogen-bond donors (Lipinski definition) is 0. The Labute approximate surface area is 108 Å². The van der Waals surface area contributed by atoms with Gasteiger partial charge in [-0.2, -0.15) is 0 Å². The smallest absolute Gasteiger partial charge is 0.221 e. The highest BCUT2D eigenvalue weighted by Crippen LogP contribution is 2.14.